The molecule has 0 saturated heterocycles. The van der Waals surface area contributed by atoms with Crippen molar-refractivity contribution in [2.45, 2.75) is 23.6 Å². The van der Waals surface area contributed by atoms with Crippen molar-refractivity contribution in [1.82, 2.24) is 14.2 Å². The Morgan fingerprint density at radius 1 is 1.03 bits per heavy atom. The average molecular weight is 595 g/mol. The molecule has 3 rings (SSSR count). The third-order valence-corrected chi connectivity index (χ3v) is 9.66. The molecule has 7 nitrogen and oxygen atoms in total. The molecule has 3 aromatic rings. The normalized spacial score (nSPS) is 11.5. The van der Waals surface area contributed by atoms with E-state index in [1.54, 1.807) is 28.8 Å². The Labute approximate surface area is 240 Å². The summed E-state index contributed by atoms with van der Waals surface area (Å²) in [5.74, 6) is -0.213. The van der Waals surface area contributed by atoms with Crippen LogP contribution in [0, 0.1) is 0 Å². The van der Waals surface area contributed by atoms with Gasteiger partial charge >= 0.3 is 0 Å². The number of rotatable bonds is 14. The molecule has 11 heteroatoms. The summed E-state index contributed by atoms with van der Waals surface area (Å²) in [6.07, 6.45) is 5.08. The molecule has 1 heterocycles. The fourth-order valence-electron chi connectivity index (χ4n) is 3.89. The molecular formula is C27H35ClN4O3S3. The zero-order valence-corrected chi connectivity index (χ0v) is 25.3. The number of anilines is 1. The van der Waals surface area contributed by atoms with Crippen LogP contribution in [0.25, 0.3) is 10.2 Å². The molecule has 38 heavy (non-hydrogen) atoms. The van der Waals surface area contributed by atoms with Gasteiger partial charge in [0.25, 0.3) is 5.91 Å². The minimum atomic E-state index is -3.75. The number of para-hydroxylation sites is 1. The predicted octanol–water partition coefficient (Wildman–Crippen LogP) is 5.79. The lowest BCUT2D eigenvalue weighted by molar-refractivity contribution is 0.0983. The molecule has 1 amide bonds. The predicted molar refractivity (Wildman–Crippen MR) is 164 cm³/mol. The van der Waals surface area contributed by atoms with Gasteiger partial charge in [-0.15, -0.1) is 37.3 Å². The van der Waals surface area contributed by atoms with Gasteiger partial charge in [0.1, 0.15) is 0 Å². The Balaban J connectivity index is 0.00000507. The van der Waals surface area contributed by atoms with Gasteiger partial charge in [0.2, 0.25) is 10.0 Å². The van der Waals surface area contributed by atoms with E-state index >= 15 is 0 Å². The molecule has 1 aromatic heterocycles. The number of sulfonamides is 1. The number of thiazole rings is 1. The number of benzene rings is 2. The van der Waals surface area contributed by atoms with E-state index in [4.69, 9.17) is 4.98 Å². The highest BCUT2D eigenvalue weighted by Crippen LogP contribution is 2.34. The van der Waals surface area contributed by atoms with Crippen LogP contribution in [0.4, 0.5) is 5.13 Å². The second kappa shape index (κ2) is 14.8. The van der Waals surface area contributed by atoms with Crippen LogP contribution in [0.5, 0.6) is 0 Å². The van der Waals surface area contributed by atoms with Crippen molar-refractivity contribution < 1.29 is 13.2 Å². The second-order valence-electron chi connectivity index (χ2n) is 8.21. The van der Waals surface area contributed by atoms with Crippen molar-refractivity contribution in [2.75, 3.05) is 50.4 Å². The van der Waals surface area contributed by atoms with E-state index in [1.165, 1.54) is 39.9 Å². The summed E-state index contributed by atoms with van der Waals surface area (Å²) >= 11 is 3.11. The van der Waals surface area contributed by atoms with Crippen molar-refractivity contribution in [3.63, 3.8) is 0 Å². The lowest BCUT2D eigenvalue weighted by Crippen LogP contribution is -2.39. The average Bonchev–Trinajstić information content (AvgIpc) is 3.35. The molecule has 0 unspecified atom stereocenters. The summed E-state index contributed by atoms with van der Waals surface area (Å²) in [6.45, 7) is 14.8. The van der Waals surface area contributed by atoms with Crippen LogP contribution >= 0.6 is 35.5 Å². The minimum Gasteiger partial charge on any atom is -0.302 e. The molecule has 0 radical (unpaired) electrons. The van der Waals surface area contributed by atoms with Crippen LogP contribution in [0.2, 0.25) is 0 Å². The molecule has 0 aliphatic heterocycles. The van der Waals surface area contributed by atoms with Crippen LogP contribution in [0.1, 0.15) is 24.2 Å². The molecule has 0 saturated carbocycles. The Bertz CT molecular complexity index is 1330. The first-order valence-electron chi connectivity index (χ1n) is 12.1. The number of aromatic nitrogens is 1. The number of likely N-dealkylation sites (N-methyl/N-ethyl adjacent to an activating group) is 1. The quantitative estimate of drug-likeness (QED) is 0.174. The van der Waals surface area contributed by atoms with Gasteiger partial charge in [0.05, 0.1) is 15.1 Å². The first-order chi connectivity index (χ1) is 17.8. The number of carbonyl (C=O) groups is 1. The Morgan fingerprint density at radius 3 is 2.21 bits per heavy atom. The van der Waals surface area contributed by atoms with Gasteiger partial charge in [-0.1, -0.05) is 43.4 Å². The zero-order valence-electron chi connectivity index (χ0n) is 22.0. The Morgan fingerprint density at radius 2 is 1.66 bits per heavy atom. The summed E-state index contributed by atoms with van der Waals surface area (Å²) < 4.78 is 28.4. The van der Waals surface area contributed by atoms with E-state index in [0.29, 0.717) is 23.8 Å². The molecule has 0 spiro atoms. The molecule has 2 aromatic carbocycles. The second-order valence-corrected chi connectivity index (χ2v) is 12.0. The molecular weight excluding hydrogens is 560 g/mol. The number of fused-ring (bicyclic) bond motifs is 1. The zero-order chi connectivity index (χ0) is 27.0. The van der Waals surface area contributed by atoms with Gasteiger partial charge in [0, 0.05) is 36.6 Å². The molecule has 0 aliphatic rings. The van der Waals surface area contributed by atoms with E-state index < -0.39 is 10.0 Å². The van der Waals surface area contributed by atoms with E-state index in [1.807, 2.05) is 24.5 Å². The van der Waals surface area contributed by atoms with Crippen molar-refractivity contribution in [3.05, 3.63) is 73.3 Å². The highest BCUT2D eigenvalue weighted by molar-refractivity contribution is 7.98. The summed E-state index contributed by atoms with van der Waals surface area (Å²) in [5.41, 5.74) is 1.29. The number of carbonyl (C=O) groups excluding carboxylic acids is 1. The number of thioether (sulfide) groups is 1. The molecule has 0 aliphatic carbocycles. The van der Waals surface area contributed by atoms with Gasteiger partial charge in [-0.25, -0.2) is 13.4 Å². The van der Waals surface area contributed by atoms with Crippen LogP contribution in [0.3, 0.4) is 0 Å². The SMILES string of the molecule is C=CCN(CC=C)S(=O)(=O)c1ccc(C(=O)N(CCN(CC)CC)c2nc3c(SC)cccc3s2)cc1.Cl. The Hall–Kier alpha value is -2.21. The van der Waals surface area contributed by atoms with Crippen LogP contribution < -0.4 is 4.90 Å². The van der Waals surface area contributed by atoms with Gasteiger partial charge < -0.3 is 4.90 Å². The van der Waals surface area contributed by atoms with Crippen LogP contribution in [-0.4, -0.2) is 74.0 Å². The summed E-state index contributed by atoms with van der Waals surface area (Å²) in [5, 5.41) is 0.633. The third-order valence-electron chi connectivity index (χ3n) is 6.01. The molecule has 0 atom stereocenters. The maximum Gasteiger partial charge on any atom is 0.260 e. The molecule has 0 N–H and O–H groups in total. The Kier molecular flexibility index (Phi) is 12.5. The summed E-state index contributed by atoms with van der Waals surface area (Å²) in [7, 11) is -3.75. The highest BCUT2D eigenvalue weighted by Gasteiger charge is 2.25. The van der Waals surface area contributed by atoms with Crippen LogP contribution in [-0.2, 0) is 10.0 Å². The third kappa shape index (κ3) is 7.25. The maximum atomic E-state index is 13.7. The van der Waals surface area contributed by atoms with E-state index in [2.05, 4.69) is 31.9 Å². The number of hydrogen-bond donors (Lipinski definition) is 0. The number of halogens is 1. The molecule has 0 bridgehead atoms. The van der Waals surface area contributed by atoms with Gasteiger partial charge in [0.15, 0.2) is 5.13 Å². The van der Waals surface area contributed by atoms with Crippen molar-refractivity contribution in [2.24, 2.45) is 0 Å². The number of nitrogens with zero attached hydrogens (tertiary/aromatic N) is 4. The molecule has 0 fully saturated rings. The lowest BCUT2D eigenvalue weighted by Gasteiger charge is -2.25. The van der Waals surface area contributed by atoms with Crippen LogP contribution in [0.15, 0.2) is 77.6 Å². The van der Waals surface area contributed by atoms with Crippen molar-refractivity contribution in [3.8, 4) is 0 Å². The van der Waals surface area contributed by atoms with Crippen molar-refractivity contribution in [1.29, 1.82) is 0 Å². The van der Waals surface area contributed by atoms with Gasteiger partial charge in [-0.2, -0.15) is 4.31 Å². The van der Waals surface area contributed by atoms with Gasteiger partial charge in [-0.05, 0) is 55.7 Å². The maximum absolute atomic E-state index is 13.7. The smallest absolute Gasteiger partial charge is 0.260 e. The highest BCUT2D eigenvalue weighted by atomic mass is 35.5. The fraction of sp³-hybridized carbons (Fsp3) is 0.333. The van der Waals surface area contributed by atoms with E-state index in [9.17, 15) is 13.2 Å². The van der Waals surface area contributed by atoms with Crippen molar-refractivity contribution >= 4 is 66.8 Å². The monoisotopic (exact) mass is 594 g/mol. The fourth-order valence-corrected chi connectivity index (χ4v) is 6.92. The largest absolute Gasteiger partial charge is 0.302 e. The first-order valence-corrected chi connectivity index (χ1v) is 15.6. The minimum absolute atomic E-state index is 0. The standard InChI is InChI=1S/C27H34N4O3S3.ClH/c1-6-17-30(18-7-2)37(33,34)22-15-13-21(14-16-22)26(32)31(20-19-29(8-3)9-4)27-28-25-23(35-5)11-10-12-24(25)36-27;/h6-7,10-16H,1-2,8-9,17-20H2,3-5H3;1H. The summed E-state index contributed by atoms with van der Waals surface area (Å²) in [4.78, 5) is 23.7. The lowest BCUT2D eigenvalue weighted by atomic mass is 10.2. The summed E-state index contributed by atoms with van der Waals surface area (Å²) in [6, 6.07) is 12.1. The van der Waals surface area contributed by atoms with E-state index in [-0.39, 0.29) is 36.3 Å². The van der Waals surface area contributed by atoms with E-state index in [0.717, 1.165) is 28.2 Å². The van der Waals surface area contributed by atoms with Gasteiger partial charge in [-0.3, -0.25) is 9.69 Å². The molecule has 206 valence electrons. The first kappa shape index (κ1) is 32.0. The topological polar surface area (TPSA) is 73.8 Å². The number of hydrogen-bond acceptors (Lipinski definition) is 7. The number of amides is 1.